The van der Waals surface area contributed by atoms with Crippen molar-refractivity contribution in [2.45, 2.75) is 39.0 Å². The molecular weight excluding hydrogens is 474 g/mol. The van der Waals surface area contributed by atoms with Crippen LogP contribution in [-0.2, 0) is 11.2 Å². The summed E-state index contributed by atoms with van der Waals surface area (Å²) >= 11 is 0. The van der Waals surface area contributed by atoms with Gasteiger partial charge in [-0.3, -0.25) is 14.4 Å². The molecule has 0 radical (unpaired) electrons. The predicted octanol–water partition coefficient (Wildman–Crippen LogP) is 3.82. The van der Waals surface area contributed by atoms with E-state index in [2.05, 4.69) is 0 Å². The first-order valence-corrected chi connectivity index (χ1v) is 14.6. The van der Waals surface area contributed by atoms with Crippen molar-refractivity contribution >= 4 is 25.0 Å². The van der Waals surface area contributed by atoms with Crippen molar-refractivity contribution in [3.8, 4) is 5.75 Å². The van der Waals surface area contributed by atoms with E-state index in [9.17, 15) is 23.2 Å². The average molecular weight is 503 g/mol. The van der Waals surface area contributed by atoms with Crippen molar-refractivity contribution in [3.63, 3.8) is 0 Å². The monoisotopic (exact) mass is 502 g/mol. The van der Waals surface area contributed by atoms with Crippen LogP contribution in [0.2, 0.25) is 19.6 Å². The highest BCUT2D eigenvalue weighted by Crippen LogP contribution is 2.26. The number of likely N-dealkylation sites (N-methyl/N-ethyl adjacent to an activating group) is 1. The van der Waals surface area contributed by atoms with Crippen molar-refractivity contribution in [3.05, 3.63) is 81.3 Å². The van der Waals surface area contributed by atoms with Crippen LogP contribution < -0.4 is 15.5 Å². The van der Waals surface area contributed by atoms with Crippen molar-refractivity contribution in [1.29, 1.82) is 0 Å². The van der Waals surface area contributed by atoms with E-state index in [0.29, 0.717) is 17.9 Å². The van der Waals surface area contributed by atoms with Gasteiger partial charge in [0.2, 0.25) is 5.76 Å². The first-order valence-electron chi connectivity index (χ1n) is 11.1. The number of nitrogens with zero attached hydrogens (tertiary/aromatic N) is 1. The third kappa shape index (κ3) is 5.94. The second-order valence-electron chi connectivity index (χ2n) is 9.23. The number of rotatable bonds is 9. The summed E-state index contributed by atoms with van der Waals surface area (Å²) in [5.41, 5.74) is 0.0305. The highest BCUT2D eigenvalue weighted by molar-refractivity contribution is 6.88. The molecule has 0 spiro atoms. The smallest absolute Gasteiger partial charge is 0.293 e. The van der Waals surface area contributed by atoms with Crippen LogP contribution in [0.3, 0.4) is 0 Å². The van der Waals surface area contributed by atoms with E-state index >= 15 is 0 Å². The summed E-state index contributed by atoms with van der Waals surface area (Å²) < 4.78 is 39.9. The molecule has 0 bridgehead atoms. The first-order chi connectivity index (χ1) is 16.4. The molecule has 1 N–H and O–H groups in total. The largest absolute Gasteiger partial charge is 0.494 e. The van der Waals surface area contributed by atoms with Crippen molar-refractivity contribution < 1.29 is 27.6 Å². The molecule has 3 rings (SSSR count). The molecule has 1 amide bonds. The van der Waals surface area contributed by atoms with E-state index in [4.69, 9.17) is 9.26 Å². The number of nitrogens with one attached hydrogen (secondary N) is 1. The van der Waals surface area contributed by atoms with Crippen LogP contribution in [0.5, 0.6) is 5.75 Å². The summed E-state index contributed by atoms with van der Waals surface area (Å²) in [5, 5.41) is 2.12. The molecule has 7 nitrogen and oxygen atoms in total. The van der Waals surface area contributed by atoms with Gasteiger partial charge in [0.25, 0.3) is 11.5 Å². The zero-order valence-corrected chi connectivity index (χ0v) is 21.3. The normalized spacial score (nSPS) is 12.3. The van der Waals surface area contributed by atoms with Crippen LogP contribution in [0, 0.1) is 11.6 Å². The minimum atomic E-state index is -2.28. The van der Waals surface area contributed by atoms with E-state index in [1.807, 2.05) is 31.7 Å². The SMILES string of the molecule is CCOc1ccc(C(C(=O)Cc2cc(F)c([Si](C)(C)C)c(F)c2)N(C)C(=O)c2cc(=O)[nH]o2)cc1. The molecule has 2 aromatic carbocycles. The second kappa shape index (κ2) is 10.4. The van der Waals surface area contributed by atoms with Crippen LogP contribution in [0.15, 0.2) is 51.8 Å². The van der Waals surface area contributed by atoms with Crippen LogP contribution in [0.25, 0.3) is 0 Å². The molecule has 1 heterocycles. The third-order valence-corrected chi connectivity index (χ3v) is 7.46. The van der Waals surface area contributed by atoms with E-state index in [0.717, 1.165) is 11.0 Å². The molecule has 10 heteroatoms. The lowest BCUT2D eigenvalue weighted by Gasteiger charge is -2.27. The number of amides is 1. The Hall–Kier alpha value is -3.53. The number of benzene rings is 2. The van der Waals surface area contributed by atoms with Gasteiger partial charge < -0.3 is 14.2 Å². The summed E-state index contributed by atoms with van der Waals surface area (Å²) in [5.74, 6) is -2.22. The number of aromatic nitrogens is 1. The lowest BCUT2D eigenvalue weighted by atomic mass is 9.96. The molecular formula is C25H28F2N2O5Si. The van der Waals surface area contributed by atoms with Crippen LogP contribution >= 0.6 is 0 Å². The number of hydrogen-bond acceptors (Lipinski definition) is 5. The quantitative estimate of drug-likeness (QED) is 0.449. The van der Waals surface area contributed by atoms with Crippen molar-refractivity contribution in [2.24, 2.45) is 0 Å². The van der Waals surface area contributed by atoms with Gasteiger partial charge in [0.1, 0.15) is 23.4 Å². The van der Waals surface area contributed by atoms with Gasteiger partial charge in [-0.2, -0.15) is 5.16 Å². The predicted molar refractivity (Wildman–Crippen MR) is 130 cm³/mol. The Morgan fingerprint density at radius 2 is 1.69 bits per heavy atom. The fourth-order valence-electron chi connectivity index (χ4n) is 3.96. The summed E-state index contributed by atoms with van der Waals surface area (Å²) in [7, 11) is -0.886. The summed E-state index contributed by atoms with van der Waals surface area (Å²) in [6, 6.07) is 8.83. The van der Waals surface area contributed by atoms with E-state index in [1.54, 1.807) is 24.3 Å². The van der Waals surface area contributed by atoms with Crippen molar-refractivity contribution in [1.82, 2.24) is 10.1 Å². The Bertz CT molecular complexity index is 1250. The van der Waals surface area contributed by atoms with Gasteiger partial charge >= 0.3 is 0 Å². The first kappa shape index (κ1) is 26.1. The fourth-order valence-corrected chi connectivity index (χ4v) is 5.54. The Kier molecular flexibility index (Phi) is 7.74. The highest BCUT2D eigenvalue weighted by Gasteiger charge is 2.32. The number of ether oxygens (including phenoxy) is 1. The lowest BCUT2D eigenvalue weighted by molar-refractivity contribution is -0.122. The van der Waals surface area contributed by atoms with E-state index < -0.39 is 43.0 Å². The Balaban J connectivity index is 1.97. The molecule has 0 aliphatic carbocycles. The zero-order valence-electron chi connectivity index (χ0n) is 20.3. The topological polar surface area (TPSA) is 92.6 Å². The standard InChI is InChI=1S/C25H28F2N2O5Si/c1-6-33-17-9-7-16(8-10-17)23(29(2)25(32)21-14-22(31)28-34-21)20(30)13-15-11-18(26)24(19(27)12-15)35(3,4)5/h7-12,14,23H,6,13H2,1-5H3,(H,28,31). The van der Waals surface area contributed by atoms with Gasteiger partial charge in [-0.25, -0.2) is 8.78 Å². The van der Waals surface area contributed by atoms with Crippen LogP contribution in [-0.4, -0.2) is 43.5 Å². The molecule has 1 unspecified atom stereocenters. The van der Waals surface area contributed by atoms with Gasteiger partial charge in [0.05, 0.1) is 20.7 Å². The molecule has 186 valence electrons. The Morgan fingerprint density at radius 1 is 1.09 bits per heavy atom. The van der Waals surface area contributed by atoms with E-state index in [-0.39, 0.29) is 22.9 Å². The van der Waals surface area contributed by atoms with Gasteiger partial charge in [-0.05, 0) is 42.3 Å². The Morgan fingerprint density at radius 3 is 2.17 bits per heavy atom. The molecule has 35 heavy (non-hydrogen) atoms. The minimum absolute atomic E-state index is 0.0755. The average Bonchev–Trinajstić information content (AvgIpc) is 3.19. The zero-order chi connectivity index (χ0) is 25.9. The molecule has 1 atom stereocenters. The molecule has 0 fully saturated rings. The van der Waals surface area contributed by atoms with Gasteiger partial charge in [0, 0.05) is 18.7 Å². The molecule has 3 aromatic rings. The second-order valence-corrected chi connectivity index (χ2v) is 14.2. The summed E-state index contributed by atoms with van der Waals surface area (Å²) in [6.07, 6.45) is -0.313. The molecule has 0 saturated carbocycles. The Labute approximate surface area is 202 Å². The fraction of sp³-hybridized carbons (Fsp3) is 0.320. The third-order valence-electron chi connectivity index (χ3n) is 5.48. The van der Waals surface area contributed by atoms with E-state index in [1.165, 1.54) is 19.2 Å². The van der Waals surface area contributed by atoms with Crippen LogP contribution in [0.4, 0.5) is 8.78 Å². The number of aromatic amines is 1. The summed E-state index contributed by atoms with van der Waals surface area (Å²) in [4.78, 5) is 38.9. The molecule has 0 saturated heterocycles. The highest BCUT2D eigenvalue weighted by atomic mass is 28.3. The number of H-pyrrole nitrogens is 1. The van der Waals surface area contributed by atoms with Crippen LogP contribution in [0.1, 0.15) is 34.6 Å². The number of Topliss-reactive ketones (excluding diaryl/α,β-unsaturated/α-hetero) is 1. The lowest BCUT2D eigenvalue weighted by Crippen LogP contribution is -2.42. The maximum absolute atomic E-state index is 14.8. The van der Waals surface area contributed by atoms with Crippen molar-refractivity contribution in [2.75, 3.05) is 13.7 Å². The van der Waals surface area contributed by atoms with Gasteiger partial charge in [-0.15, -0.1) is 0 Å². The number of halogens is 2. The number of carbonyl (C=O) groups is 2. The maximum Gasteiger partial charge on any atom is 0.293 e. The maximum atomic E-state index is 14.8. The number of hydrogen-bond donors (Lipinski definition) is 1. The minimum Gasteiger partial charge on any atom is -0.494 e. The molecule has 0 aliphatic heterocycles. The molecule has 0 aliphatic rings. The molecule has 1 aromatic heterocycles. The van der Waals surface area contributed by atoms with Gasteiger partial charge in [0.15, 0.2) is 5.78 Å². The number of carbonyl (C=O) groups excluding carboxylic acids is 2. The number of ketones is 1. The van der Waals surface area contributed by atoms with Gasteiger partial charge in [-0.1, -0.05) is 31.8 Å². The summed E-state index contributed by atoms with van der Waals surface area (Å²) in [6.45, 7) is 7.80.